The van der Waals surface area contributed by atoms with Crippen molar-refractivity contribution >= 4 is 17.6 Å². The van der Waals surface area contributed by atoms with Gasteiger partial charge in [-0.3, -0.25) is 14.5 Å². The van der Waals surface area contributed by atoms with Gasteiger partial charge in [0.15, 0.2) is 0 Å². The molecule has 2 aliphatic heterocycles. The van der Waals surface area contributed by atoms with Gasteiger partial charge in [-0.1, -0.05) is 0 Å². The van der Waals surface area contributed by atoms with Crippen molar-refractivity contribution in [2.45, 2.75) is 31.8 Å². The minimum atomic E-state index is -0.772. The number of amides is 2. The van der Waals surface area contributed by atoms with Crippen molar-refractivity contribution in [2.24, 2.45) is 0 Å². The number of aromatic nitrogens is 1. The van der Waals surface area contributed by atoms with E-state index in [4.69, 9.17) is 4.74 Å². The van der Waals surface area contributed by atoms with E-state index in [1.807, 2.05) is 0 Å². The minimum Gasteiger partial charge on any atom is -0.388 e. The number of carbonyl (C=O) groups is 2. The zero-order chi connectivity index (χ0) is 19.3. The Morgan fingerprint density at radius 2 is 2.04 bits per heavy atom. The summed E-state index contributed by atoms with van der Waals surface area (Å²) in [6.07, 6.45) is 3.52. The number of ether oxygens (including phenoxy) is 1. The molecule has 3 rings (SSSR count). The van der Waals surface area contributed by atoms with Crippen LogP contribution >= 0.6 is 0 Å². The van der Waals surface area contributed by atoms with Crippen LogP contribution in [0.2, 0.25) is 0 Å². The highest BCUT2D eigenvalue weighted by molar-refractivity contribution is 5.96. The molecule has 2 aliphatic rings. The molecule has 0 radical (unpaired) electrons. The Balaban J connectivity index is 1.61. The average Bonchev–Trinajstić information content (AvgIpc) is 2.83. The Morgan fingerprint density at radius 1 is 1.26 bits per heavy atom. The number of nitrogens with one attached hydrogen (secondary N) is 1. The van der Waals surface area contributed by atoms with Crippen LogP contribution in [-0.4, -0.2) is 83.2 Å². The Hall–Kier alpha value is -2.03. The van der Waals surface area contributed by atoms with Crippen LogP contribution in [0.15, 0.2) is 18.3 Å². The number of hydrogen-bond acceptors (Lipinski definition) is 6. The van der Waals surface area contributed by atoms with E-state index in [9.17, 15) is 14.7 Å². The molecule has 1 aromatic rings. The quantitative estimate of drug-likeness (QED) is 0.804. The first kappa shape index (κ1) is 19.7. The predicted octanol–water partition coefficient (Wildman–Crippen LogP) is 0.729. The third kappa shape index (κ3) is 5.47. The fraction of sp³-hybridized carbons (Fsp3) is 0.632. The Bertz CT molecular complexity index is 677. The molecule has 27 heavy (non-hydrogen) atoms. The van der Waals surface area contributed by atoms with Gasteiger partial charge in [0.25, 0.3) is 5.91 Å². The van der Waals surface area contributed by atoms with Crippen LogP contribution in [-0.2, 0) is 9.53 Å². The van der Waals surface area contributed by atoms with Crippen molar-refractivity contribution < 1.29 is 19.4 Å². The van der Waals surface area contributed by atoms with Crippen LogP contribution in [0.5, 0.6) is 0 Å². The molecule has 2 fully saturated rings. The van der Waals surface area contributed by atoms with E-state index in [1.54, 1.807) is 17.0 Å². The topological polar surface area (TPSA) is 95.0 Å². The van der Waals surface area contributed by atoms with Crippen molar-refractivity contribution in [1.29, 1.82) is 0 Å². The van der Waals surface area contributed by atoms with Gasteiger partial charge in [-0.05, 0) is 31.4 Å². The first-order valence-corrected chi connectivity index (χ1v) is 9.51. The van der Waals surface area contributed by atoms with Crippen molar-refractivity contribution in [3.05, 3.63) is 23.9 Å². The van der Waals surface area contributed by atoms with E-state index in [2.05, 4.69) is 15.2 Å². The molecule has 0 aromatic carbocycles. The lowest BCUT2D eigenvalue weighted by atomic mass is 9.94. The van der Waals surface area contributed by atoms with Gasteiger partial charge in [0.1, 0.15) is 5.82 Å². The van der Waals surface area contributed by atoms with E-state index in [1.165, 1.54) is 13.1 Å². The highest BCUT2D eigenvalue weighted by Gasteiger charge is 2.34. The van der Waals surface area contributed by atoms with Gasteiger partial charge in [-0.25, -0.2) is 4.98 Å². The molecular formula is C19H28N4O4. The Labute approximate surface area is 159 Å². The molecule has 0 bridgehead atoms. The van der Waals surface area contributed by atoms with Crippen LogP contribution in [0.25, 0.3) is 0 Å². The van der Waals surface area contributed by atoms with Gasteiger partial charge in [0, 0.05) is 51.4 Å². The molecule has 1 atom stereocenters. The molecule has 0 spiro atoms. The molecule has 0 saturated carbocycles. The summed E-state index contributed by atoms with van der Waals surface area (Å²) >= 11 is 0. The van der Waals surface area contributed by atoms with Crippen molar-refractivity contribution in [3.8, 4) is 0 Å². The number of nitrogens with zero attached hydrogens (tertiary/aromatic N) is 3. The van der Waals surface area contributed by atoms with Crippen molar-refractivity contribution in [1.82, 2.24) is 14.8 Å². The SMILES string of the molecule is CC(=O)Nc1cc(C(=O)N2CCCC(O)(CN3CCOCC3)CC2)ccn1. The van der Waals surface area contributed by atoms with Crippen LogP contribution in [0, 0.1) is 0 Å². The van der Waals surface area contributed by atoms with Crippen molar-refractivity contribution in [2.75, 3.05) is 51.3 Å². The first-order valence-electron chi connectivity index (χ1n) is 9.51. The maximum Gasteiger partial charge on any atom is 0.254 e. The number of β-amino-alcohol motifs (C(OH)–C–C–N with tert-alkyl or cyclic N) is 1. The fourth-order valence-corrected chi connectivity index (χ4v) is 3.71. The number of morpholine rings is 1. The number of carbonyl (C=O) groups excluding carboxylic acids is 2. The lowest BCUT2D eigenvalue weighted by molar-refractivity contribution is -0.114. The molecule has 3 heterocycles. The number of anilines is 1. The number of rotatable bonds is 4. The summed E-state index contributed by atoms with van der Waals surface area (Å²) in [6.45, 7) is 6.25. The standard InChI is InChI=1S/C19H28N4O4/c1-15(24)21-17-13-16(3-6-20-17)18(25)23-7-2-4-19(26,5-8-23)14-22-9-11-27-12-10-22/h3,6,13,26H,2,4-5,7-12,14H2,1H3,(H,20,21,24). The van der Waals surface area contributed by atoms with Crippen LogP contribution in [0.3, 0.4) is 0 Å². The van der Waals surface area contributed by atoms with Gasteiger partial charge >= 0.3 is 0 Å². The van der Waals surface area contributed by atoms with Crippen molar-refractivity contribution in [3.63, 3.8) is 0 Å². The first-order chi connectivity index (χ1) is 13.0. The largest absolute Gasteiger partial charge is 0.388 e. The Kier molecular flexibility index (Phi) is 6.41. The third-order valence-electron chi connectivity index (χ3n) is 5.14. The number of pyridine rings is 1. The normalized spacial score (nSPS) is 24.3. The zero-order valence-electron chi connectivity index (χ0n) is 15.8. The van der Waals surface area contributed by atoms with E-state index in [0.29, 0.717) is 57.1 Å². The van der Waals surface area contributed by atoms with Gasteiger partial charge < -0.3 is 20.1 Å². The summed E-state index contributed by atoms with van der Waals surface area (Å²) in [6, 6.07) is 3.24. The van der Waals surface area contributed by atoms with E-state index >= 15 is 0 Å². The Morgan fingerprint density at radius 3 is 2.78 bits per heavy atom. The summed E-state index contributed by atoms with van der Waals surface area (Å²) in [7, 11) is 0. The summed E-state index contributed by atoms with van der Waals surface area (Å²) in [5.74, 6) is 0.0432. The maximum absolute atomic E-state index is 12.9. The zero-order valence-corrected chi connectivity index (χ0v) is 15.8. The second-order valence-electron chi connectivity index (χ2n) is 7.37. The van der Waals surface area contributed by atoms with E-state index in [-0.39, 0.29) is 11.8 Å². The van der Waals surface area contributed by atoms with Crippen LogP contribution in [0.4, 0.5) is 5.82 Å². The fourth-order valence-electron chi connectivity index (χ4n) is 3.71. The molecule has 0 aliphatic carbocycles. The van der Waals surface area contributed by atoms with Crippen LogP contribution in [0.1, 0.15) is 36.5 Å². The number of aliphatic hydroxyl groups is 1. The molecule has 8 heteroatoms. The lowest BCUT2D eigenvalue weighted by Gasteiger charge is -2.35. The molecule has 2 saturated heterocycles. The summed E-state index contributed by atoms with van der Waals surface area (Å²) in [4.78, 5) is 32.1. The summed E-state index contributed by atoms with van der Waals surface area (Å²) < 4.78 is 5.37. The molecule has 148 valence electrons. The highest BCUT2D eigenvalue weighted by Crippen LogP contribution is 2.25. The summed E-state index contributed by atoms with van der Waals surface area (Å²) in [5, 5.41) is 13.6. The predicted molar refractivity (Wildman–Crippen MR) is 101 cm³/mol. The van der Waals surface area contributed by atoms with Gasteiger partial charge in [-0.15, -0.1) is 0 Å². The smallest absolute Gasteiger partial charge is 0.254 e. The average molecular weight is 376 g/mol. The maximum atomic E-state index is 12.9. The molecular weight excluding hydrogens is 348 g/mol. The van der Waals surface area contributed by atoms with Crippen LogP contribution < -0.4 is 5.32 Å². The molecule has 1 aromatic heterocycles. The van der Waals surface area contributed by atoms with Gasteiger partial charge in [0.05, 0.1) is 18.8 Å². The van der Waals surface area contributed by atoms with E-state index < -0.39 is 5.60 Å². The third-order valence-corrected chi connectivity index (χ3v) is 5.14. The summed E-state index contributed by atoms with van der Waals surface area (Å²) in [5.41, 5.74) is -0.279. The second-order valence-corrected chi connectivity index (χ2v) is 7.37. The lowest BCUT2D eigenvalue weighted by Crippen LogP contribution is -2.48. The van der Waals surface area contributed by atoms with Gasteiger partial charge in [-0.2, -0.15) is 0 Å². The minimum absolute atomic E-state index is 0.0976. The second kappa shape index (κ2) is 8.77. The number of likely N-dealkylation sites (tertiary alicyclic amines) is 1. The number of hydrogen-bond donors (Lipinski definition) is 2. The monoisotopic (exact) mass is 376 g/mol. The molecule has 2 N–H and O–H groups in total. The molecule has 2 amide bonds. The van der Waals surface area contributed by atoms with E-state index in [0.717, 1.165) is 19.5 Å². The van der Waals surface area contributed by atoms with Gasteiger partial charge in [0.2, 0.25) is 5.91 Å². The molecule has 1 unspecified atom stereocenters. The highest BCUT2D eigenvalue weighted by atomic mass is 16.5. The molecule has 8 nitrogen and oxygen atoms in total.